The van der Waals surface area contributed by atoms with Crippen LogP contribution in [-0.4, -0.2) is 91.2 Å². The van der Waals surface area contributed by atoms with Crippen LogP contribution in [0.2, 0.25) is 0 Å². The van der Waals surface area contributed by atoms with E-state index in [0.717, 1.165) is 52.2 Å². The molecule has 0 aliphatic carbocycles. The number of aromatic amines is 1. The topological polar surface area (TPSA) is 51.8 Å². The van der Waals surface area contributed by atoms with Crippen molar-refractivity contribution in [2.45, 2.75) is 25.0 Å². The Hall–Kier alpha value is -1.37. The highest BCUT2D eigenvalue weighted by Crippen LogP contribution is 2.24. The summed E-state index contributed by atoms with van der Waals surface area (Å²) in [5.74, 6) is 0.105. The van der Waals surface area contributed by atoms with Gasteiger partial charge in [-0.1, -0.05) is 0 Å². The van der Waals surface area contributed by atoms with Crippen LogP contribution < -0.4 is 0 Å². The van der Waals surface area contributed by atoms with Gasteiger partial charge in [0.2, 0.25) is 0 Å². The molecule has 2 atom stereocenters. The minimum absolute atomic E-state index is 0.105. The first kappa shape index (κ1) is 16.5. The minimum Gasteiger partial charge on any atom is -0.375 e. The summed E-state index contributed by atoms with van der Waals surface area (Å²) in [6, 6.07) is 4.15. The molecular formula is C17H28N4O2. The molecule has 1 amide bonds. The summed E-state index contributed by atoms with van der Waals surface area (Å²) in [4.78, 5) is 22.3. The van der Waals surface area contributed by atoms with E-state index < -0.39 is 0 Å². The molecule has 0 spiro atoms. The Morgan fingerprint density at radius 2 is 2.17 bits per heavy atom. The summed E-state index contributed by atoms with van der Waals surface area (Å²) in [6.45, 7) is 5.52. The van der Waals surface area contributed by atoms with Gasteiger partial charge in [-0.15, -0.1) is 0 Å². The Labute approximate surface area is 138 Å². The third-order valence-corrected chi connectivity index (χ3v) is 4.94. The molecule has 2 aliphatic rings. The van der Waals surface area contributed by atoms with E-state index in [1.165, 1.54) is 0 Å². The molecule has 23 heavy (non-hydrogen) atoms. The van der Waals surface area contributed by atoms with Crippen LogP contribution in [0.5, 0.6) is 0 Å². The van der Waals surface area contributed by atoms with Gasteiger partial charge in [-0.2, -0.15) is 0 Å². The van der Waals surface area contributed by atoms with E-state index in [1.807, 2.05) is 17.0 Å². The number of nitrogens with zero attached hydrogens (tertiary/aromatic N) is 3. The molecule has 6 heteroatoms. The maximum atomic E-state index is 12.5. The number of carbonyl (C=O) groups is 1. The normalized spacial score (nSPS) is 26.1. The maximum absolute atomic E-state index is 12.5. The minimum atomic E-state index is 0.105. The Bertz CT molecular complexity index is 503. The van der Waals surface area contributed by atoms with Gasteiger partial charge in [0.1, 0.15) is 5.69 Å². The lowest BCUT2D eigenvalue weighted by molar-refractivity contribution is -0.0724. The van der Waals surface area contributed by atoms with Crippen molar-refractivity contribution in [2.75, 3.05) is 53.4 Å². The highest BCUT2D eigenvalue weighted by atomic mass is 16.5. The summed E-state index contributed by atoms with van der Waals surface area (Å²) in [6.07, 6.45) is 3.98. The highest BCUT2D eigenvalue weighted by molar-refractivity contribution is 5.92. The monoisotopic (exact) mass is 320 g/mol. The molecule has 2 saturated heterocycles. The van der Waals surface area contributed by atoms with Gasteiger partial charge in [-0.3, -0.25) is 9.69 Å². The third-order valence-electron chi connectivity index (χ3n) is 4.94. The van der Waals surface area contributed by atoms with E-state index >= 15 is 0 Å². The SMILES string of the molecule is CN(C)CCN1CCO[C@H]2CCN(C(=O)c3ccc[nH]3)CC[C@H]21. The van der Waals surface area contributed by atoms with E-state index in [4.69, 9.17) is 4.74 Å². The Kier molecular flexibility index (Phi) is 5.35. The van der Waals surface area contributed by atoms with Crippen LogP contribution in [0.1, 0.15) is 23.3 Å². The molecule has 2 aliphatic heterocycles. The van der Waals surface area contributed by atoms with E-state index in [0.29, 0.717) is 11.7 Å². The molecule has 0 aromatic carbocycles. The third kappa shape index (κ3) is 3.94. The maximum Gasteiger partial charge on any atom is 0.270 e. The van der Waals surface area contributed by atoms with Gasteiger partial charge in [0.05, 0.1) is 12.7 Å². The van der Waals surface area contributed by atoms with E-state index in [9.17, 15) is 4.79 Å². The van der Waals surface area contributed by atoms with Crippen LogP contribution in [-0.2, 0) is 4.74 Å². The summed E-state index contributed by atoms with van der Waals surface area (Å²) < 4.78 is 6.02. The molecule has 0 unspecified atom stereocenters. The summed E-state index contributed by atoms with van der Waals surface area (Å²) in [5.41, 5.74) is 0.681. The van der Waals surface area contributed by atoms with Crippen molar-refractivity contribution < 1.29 is 9.53 Å². The fourth-order valence-electron chi connectivity index (χ4n) is 3.60. The zero-order valence-electron chi connectivity index (χ0n) is 14.2. The predicted molar refractivity (Wildman–Crippen MR) is 89.6 cm³/mol. The van der Waals surface area contributed by atoms with Crippen LogP contribution in [0.15, 0.2) is 18.3 Å². The summed E-state index contributed by atoms with van der Waals surface area (Å²) >= 11 is 0. The molecular weight excluding hydrogens is 292 g/mol. The number of carbonyl (C=O) groups excluding carboxylic acids is 1. The van der Waals surface area contributed by atoms with Crippen LogP contribution in [0.4, 0.5) is 0 Å². The van der Waals surface area contributed by atoms with E-state index in [2.05, 4.69) is 28.9 Å². The zero-order valence-corrected chi connectivity index (χ0v) is 14.2. The number of amides is 1. The van der Waals surface area contributed by atoms with Crippen molar-refractivity contribution in [1.29, 1.82) is 0 Å². The molecule has 1 aromatic rings. The fourth-order valence-corrected chi connectivity index (χ4v) is 3.60. The number of likely N-dealkylation sites (N-methyl/N-ethyl adjacent to an activating group) is 1. The van der Waals surface area contributed by atoms with Crippen molar-refractivity contribution >= 4 is 5.91 Å². The van der Waals surface area contributed by atoms with E-state index in [-0.39, 0.29) is 12.0 Å². The molecule has 6 nitrogen and oxygen atoms in total. The average molecular weight is 320 g/mol. The number of hydrogen-bond donors (Lipinski definition) is 1. The second kappa shape index (κ2) is 7.47. The number of hydrogen-bond acceptors (Lipinski definition) is 4. The number of ether oxygens (including phenoxy) is 1. The lowest BCUT2D eigenvalue weighted by Gasteiger charge is -2.40. The molecule has 2 fully saturated rings. The molecule has 0 radical (unpaired) electrons. The number of morpholine rings is 1. The molecule has 0 bridgehead atoms. The zero-order chi connectivity index (χ0) is 16.2. The van der Waals surface area contributed by atoms with Crippen molar-refractivity contribution in [3.05, 3.63) is 24.0 Å². The second-order valence-electron chi connectivity index (χ2n) is 6.77. The van der Waals surface area contributed by atoms with Crippen molar-refractivity contribution in [2.24, 2.45) is 0 Å². The largest absolute Gasteiger partial charge is 0.375 e. The lowest BCUT2D eigenvalue weighted by atomic mass is 10.0. The molecule has 1 aromatic heterocycles. The van der Waals surface area contributed by atoms with Crippen LogP contribution in [0.25, 0.3) is 0 Å². The van der Waals surface area contributed by atoms with Gasteiger partial charge in [-0.05, 0) is 39.1 Å². The van der Waals surface area contributed by atoms with E-state index in [1.54, 1.807) is 6.20 Å². The van der Waals surface area contributed by atoms with Crippen molar-refractivity contribution in [3.63, 3.8) is 0 Å². The molecule has 1 N–H and O–H groups in total. The molecule has 0 saturated carbocycles. The van der Waals surface area contributed by atoms with Gasteiger partial charge in [-0.25, -0.2) is 0 Å². The van der Waals surface area contributed by atoms with Gasteiger partial charge < -0.3 is 19.5 Å². The first-order valence-electron chi connectivity index (χ1n) is 8.58. The number of likely N-dealkylation sites (tertiary alicyclic amines) is 1. The molecule has 3 rings (SSSR count). The first-order valence-corrected chi connectivity index (χ1v) is 8.58. The lowest BCUT2D eigenvalue weighted by Crippen LogP contribution is -2.52. The van der Waals surface area contributed by atoms with Gasteiger partial charge in [0, 0.05) is 45.0 Å². The summed E-state index contributed by atoms with van der Waals surface area (Å²) in [7, 11) is 4.23. The number of rotatable bonds is 4. The van der Waals surface area contributed by atoms with Crippen LogP contribution in [0, 0.1) is 0 Å². The smallest absolute Gasteiger partial charge is 0.270 e. The standard InChI is InChI=1S/C17H28N4O2/c1-19(2)10-11-20-12-13-23-16-6-9-21(8-5-15(16)20)17(22)14-4-3-7-18-14/h3-4,7,15-16,18H,5-6,8-13H2,1-2H3/t15-,16+/m1/s1. The second-order valence-corrected chi connectivity index (χ2v) is 6.77. The predicted octanol–water partition coefficient (Wildman–Crippen LogP) is 0.882. The Balaban J connectivity index is 1.63. The Morgan fingerprint density at radius 1 is 1.35 bits per heavy atom. The van der Waals surface area contributed by atoms with Crippen molar-refractivity contribution in [1.82, 2.24) is 19.7 Å². The molecule has 128 valence electrons. The fraction of sp³-hybridized carbons (Fsp3) is 0.706. The van der Waals surface area contributed by atoms with Crippen molar-refractivity contribution in [3.8, 4) is 0 Å². The number of H-pyrrole nitrogens is 1. The number of fused-ring (bicyclic) bond motifs is 1. The molecule has 3 heterocycles. The quantitative estimate of drug-likeness (QED) is 0.895. The Morgan fingerprint density at radius 3 is 2.91 bits per heavy atom. The van der Waals surface area contributed by atoms with Gasteiger partial charge in [0.25, 0.3) is 5.91 Å². The first-order chi connectivity index (χ1) is 11.1. The van der Waals surface area contributed by atoms with Gasteiger partial charge >= 0.3 is 0 Å². The summed E-state index contributed by atoms with van der Waals surface area (Å²) in [5, 5.41) is 0. The van der Waals surface area contributed by atoms with Crippen LogP contribution in [0.3, 0.4) is 0 Å². The van der Waals surface area contributed by atoms with Crippen LogP contribution >= 0.6 is 0 Å². The number of nitrogens with one attached hydrogen (secondary N) is 1. The average Bonchev–Trinajstić information content (AvgIpc) is 2.99. The van der Waals surface area contributed by atoms with Gasteiger partial charge in [0.15, 0.2) is 0 Å². The highest BCUT2D eigenvalue weighted by Gasteiger charge is 2.35. The number of aromatic nitrogens is 1.